The van der Waals surface area contributed by atoms with Crippen LogP contribution in [0.4, 0.5) is 4.39 Å². The minimum Gasteiger partial charge on any atom is -0.377 e. The molecule has 3 atom stereocenters. The van der Waals surface area contributed by atoms with Gasteiger partial charge in [0.05, 0.1) is 6.10 Å². The van der Waals surface area contributed by atoms with E-state index in [-0.39, 0.29) is 18.0 Å². The molecule has 0 saturated carbocycles. The summed E-state index contributed by atoms with van der Waals surface area (Å²) in [6.45, 7) is 1.76. The average molecular weight is 238 g/mol. The van der Waals surface area contributed by atoms with Crippen molar-refractivity contribution in [2.75, 3.05) is 20.2 Å². The van der Waals surface area contributed by atoms with Crippen molar-refractivity contribution in [3.8, 4) is 0 Å². The first-order chi connectivity index (χ1) is 8.20. The van der Waals surface area contributed by atoms with E-state index in [4.69, 9.17) is 10.5 Å². The van der Waals surface area contributed by atoms with Gasteiger partial charge in [-0.1, -0.05) is 12.1 Å². The molecule has 0 aliphatic carbocycles. The predicted molar refractivity (Wildman–Crippen MR) is 65.1 cm³/mol. The number of halogens is 1. The summed E-state index contributed by atoms with van der Waals surface area (Å²) in [6.07, 6.45) is 0.746. The van der Waals surface area contributed by atoms with Crippen molar-refractivity contribution in [1.29, 1.82) is 0 Å². The Balaban J connectivity index is 2.06. The smallest absolute Gasteiger partial charge is 0.123 e. The van der Waals surface area contributed by atoms with Crippen LogP contribution in [-0.4, -0.2) is 26.2 Å². The third-order valence-corrected chi connectivity index (χ3v) is 3.41. The van der Waals surface area contributed by atoms with Crippen LogP contribution in [-0.2, 0) is 4.74 Å². The molecule has 1 aromatic carbocycles. The SMILES string of the molecule is COC(C[C@@H]1CNC[C@H]1N)c1cccc(F)c1. The molecule has 4 heteroatoms. The minimum absolute atomic E-state index is 0.0818. The second-order valence-corrected chi connectivity index (χ2v) is 4.60. The summed E-state index contributed by atoms with van der Waals surface area (Å²) in [5, 5.41) is 3.26. The second kappa shape index (κ2) is 5.58. The fourth-order valence-electron chi connectivity index (χ4n) is 2.36. The lowest BCUT2D eigenvalue weighted by molar-refractivity contribution is 0.0802. The zero-order valence-corrected chi connectivity index (χ0v) is 10.0. The quantitative estimate of drug-likeness (QED) is 0.834. The lowest BCUT2D eigenvalue weighted by Gasteiger charge is -2.21. The van der Waals surface area contributed by atoms with Crippen molar-refractivity contribution >= 4 is 0 Å². The van der Waals surface area contributed by atoms with E-state index in [9.17, 15) is 4.39 Å². The van der Waals surface area contributed by atoms with Crippen LogP contribution in [0.3, 0.4) is 0 Å². The summed E-state index contributed by atoms with van der Waals surface area (Å²) in [5.74, 6) is 0.168. The van der Waals surface area contributed by atoms with Crippen LogP contribution >= 0.6 is 0 Å². The van der Waals surface area contributed by atoms with E-state index in [1.807, 2.05) is 6.07 Å². The van der Waals surface area contributed by atoms with E-state index < -0.39 is 0 Å². The first kappa shape index (κ1) is 12.5. The number of hydrogen-bond acceptors (Lipinski definition) is 3. The highest BCUT2D eigenvalue weighted by molar-refractivity contribution is 5.19. The molecule has 0 spiro atoms. The van der Waals surface area contributed by atoms with Gasteiger partial charge in [-0.2, -0.15) is 0 Å². The lowest BCUT2D eigenvalue weighted by Crippen LogP contribution is -2.30. The summed E-state index contributed by atoms with van der Waals surface area (Å²) in [6, 6.07) is 6.75. The molecule has 1 unspecified atom stereocenters. The monoisotopic (exact) mass is 238 g/mol. The number of nitrogens with two attached hydrogens (primary N) is 1. The van der Waals surface area contributed by atoms with Crippen molar-refractivity contribution in [2.24, 2.45) is 11.7 Å². The molecular formula is C13H19FN2O. The minimum atomic E-state index is -0.224. The van der Waals surface area contributed by atoms with Crippen molar-refractivity contribution in [3.05, 3.63) is 35.6 Å². The summed E-state index contributed by atoms with van der Waals surface area (Å²) >= 11 is 0. The summed E-state index contributed by atoms with van der Waals surface area (Å²) in [5.41, 5.74) is 6.88. The molecule has 17 heavy (non-hydrogen) atoms. The highest BCUT2D eigenvalue weighted by atomic mass is 19.1. The zero-order chi connectivity index (χ0) is 12.3. The van der Waals surface area contributed by atoms with Crippen LogP contribution < -0.4 is 11.1 Å². The fourth-order valence-corrected chi connectivity index (χ4v) is 2.36. The molecule has 1 fully saturated rings. The second-order valence-electron chi connectivity index (χ2n) is 4.60. The Morgan fingerprint density at radius 1 is 1.53 bits per heavy atom. The van der Waals surface area contributed by atoms with Gasteiger partial charge in [0.15, 0.2) is 0 Å². The predicted octanol–water partition coefficient (Wildman–Crippen LogP) is 1.45. The van der Waals surface area contributed by atoms with Crippen LogP contribution in [0.2, 0.25) is 0 Å². The summed E-state index contributed by atoms with van der Waals surface area (Å²) < 4.78 is 18.6. The number of ether oxygens (including phenoxy) is 1. The third-order valence-electron chi connectivity index (χ3n) is 3.41. The Morgan fingerprint density at radius 2 is 2.35 bits per heavy atom. The Hall–Kier alpha value is -0.970. The molecule has 1 aromatic rings. The number of rotatable bonds is 4. The van der Waals surface area contributed by atoms with Crippen molar-refractivity contribution < 1.29 is 9.13 Å². The number of benzene rings is 1. The molecule has 1 saturated heterocycles. The van der Waals surface area contributed by atoms with Crippen LogP contribution in [0.5, 0.6) is 0 Å². The van der Waals surface area contributed by atoms with Crippen LogP contribution in [0, 0.1) is 11.7 Å². The van der Waals surface area contributed by atoms with Gasteiger partial charge < -0.3 is 15.8 Å². The van der Waals surface area contributed by atoms with Gasteiger partial charge in [-0.3, -0.25) is 0 Å². The van der Waals surface area contributed by atoms with Crippen LogP contribution in [0.25, 0.3) is 0 Å². The lowest BCUT2D eigenvalue weighted by atomic mass is 9.93. The van der Waals surface area contributed by atoms with Gasteiger partial charge in [0.1, 0.15) is 5.82 Å². The molecule has 3 N–H and O–H groups in total. The molecule has 1 aliphatic rings. The number of hydrogen-bond donors (Lipinski definition) is 2. The Kier molecular flexibility index (Phi) is 4.10. The standard InChI is InChI=1S/C13H19FN2O/c1-17-13(6-10-7-16-8-12(10)15)9-3-2-4-11(14)5-9/h2-5,10,12-13,16H,6-8,15H2,1H3/t10-,12-,13?/m1/s1. The normalized spacial score (nSPS) is 26.1. The Bertz CT molecular complexity index is 372. The van der Waals surface area contributed by atoms with Crippen molar-refractivity contribution in [1.82, 2.24) is 5.32 Å². The summed E-state index contributed by atoms with van der Waals surface area (Å²) in [4.78, 5) is 0. The maximum absolute atomic E-state index is 13.2. The van der Waals surface area contributed by atoms with Gasteiger partial charge in [-0.15, -0.1) is 0 Å². The molecule has 0 radical (unpaired) electrons. The van der Waals surface area contributed by atoms with E-state index >= 15 is 0 Å². The zero-order valence-electron chi connectivity index (χ0n) is 10.0. The fraction of sp³-hybridized carbons (Fsp3) is 0.538. The first-order valence-electron chi connectivity index (χ1n) is 5.95. The largest absolute Gasteiger partial charge is 0.377 e. The van der Waals surface area contributed by atoms with Gasteiger partial charge in [-0.25, -0.2) is 4.39 Å². The van der Waals surface area contributed by atoms with Crippen molar-refractivity contribution in [3.63, 3.8) is 0 Å². The molecule has 2 rings (SSSR count). The van der Waals surface area contributed by atoms with E-state index in [1.165, 1.54) is 12.1 Å². The maximum atomic E-state index is 13.2. The van der Waals surface area contributed by atoms with Gasteiger partial charge in [0.25, 0.3) is 0 Å². The molecule has 0 amide bonds. The van der Waals surface area contributed by atoms with Gasteiger partial charge in [-0.05, 0) is 36.6 Å². The highest BCUT2D eigenvalue weighted by Gasteiger charge is 2.27. The molecule has 1 heterocycles. The van der Waals surface area contributed by atoms with Crippen LogP contribution in [0.15, 0.2) is 24.3 Å². The maximum Gasteiger partial charge on any atom is 0.123 e. The number of methoxy groups -OCH3 is 1. The molecule has 94 valence electrons. The molecule has 0 aromatic heterocycles. The first-order valence-corrected chi connectivity index (χ1v) is 5.95. The van der Waals surface area contributed by atoms with E-state index in [1.54, 1.807) is 13.2 Å². The van der Waals surface area contributed by atoms with E-state index in [0.29, 0.717) is 5.92 Å². The average Bonchev–Trinajstić information content (AvgIpc) is 2.71. The molecule has 3 nitrogen and oxygen atoms in total. The van der Waals surface area contributed by atoms with Crippen molar-refractivity contribution in [2.45, 2.75) is 18.6 Å². The molecule has 1 aliphatic heterocycles. The van der Waals surface area contributed by atoms with Crippen LogP contribution in [0.1, 0.15) is 18.1 Å². The Labute approximate surface area is 101 Å². The molecule has 0 bridgehead atoms. The summed E-state index contributed by atoms with van der Waals surface area (Å²) in [7, 11) is 1.66. The Morgan fingerprint density at radius 3 is 2.94 bits per heavy atom. The van der Waals surface area contributed by atoms with Gasteiger partial charge in [0, 0.05) is 19.7 Å². The van der Waals surface area contributed by atoms with E-state index in [0.717, 1.165) is 25.1 Å². The highest BCUT2D eigenvalue weighted by Crippen LogP contribution is 2.27. The van der Waals surface area contributed by atoms with Gasteiger partial charge in [0.2, 0.25) is 0 Å². The topological polar surface area (TPSA) is 47.3 Å². The van der Waals surface area contributed by atoms with Gasteiger partial charge >= 0.3 is 0 Å². The van der Waals surface area contributed by atoms with E-state index in [2.05, 4.69) is 5.32 Å². The number of nitrogens with one attached hydrogen (secondary N) is 1. The third kappa shape index (κ3) is 3.03. The molecular weight excluding hydrogens is 219 g/mol.